The number of hydrogen-bond acceptors (Lipinski definition) is 3. The molecule has 15 aromatic carbocycles. The number of anilines is 6. The second-order valence-corrected chi connectivity index (χ2v) is 35.2. The van der Waals surface area contributed by atoms with E-state index in [1.165, 1.54) is 22.3 Å². The molecule has 6 nitrogen and oxygen atoms in total. The van der Waals surface area contributed by atoms with Crippen LogP contribution in [0.25, 0.3) is 127 Å². The highest BCUT2D eigenvalue weighted by Crippen LogP contribution is 2.51. The number of aromatic nitrogens is 3. The van der Waals surface area contributed by atoms with Crippen molar-refractivity contribution in [3.8, 4) is 67.6 Å². The van der Waals surface area contributed by atoms with Crippen molar-refractivity contribution in [2.75, 3.05) is 9.80 Å². The average Bonchev–Trinajstić information content (AvgIpc) is 1.19. The molecule has 550 valence electrons. The Morgan fingerprint density at radius 2 is 0.693 bits per heavy atom. The third-order valence-corrected chi connectivity index (χ3v) is 23.9. The summed E-state index contributed by atoms with van der Waals surface area (Å²) in [6, 6.07) is 96.7. The summed E-state index contributed by atoms with van der Waals surface area (Å²) in [5, 5.41) is 16.0. The zero-order chi connectivity index (χ0) is 85.0. The number of rotatable bonds is 9. The van der Waals surface area contributed by atoms with Crippen LogP contribution in [0.3, 0.4) is 0 Å². The van der Waals surface area contributed by atoms with Crippen LogP contribution in [-0.4, -0.2) is 20.4 Å². The van der Waals surface area contributed by atoms with E-state index in [0.29, 0.717) is 34.0 Å². The molecule has 18 aromatic rings. The number of nitrogens with zero attached hydrogens (tertiary/aromatic N) is 6. The Kier molecular flexibility index (Phi) is 14.0. The van der Waals surface area contributed by atoms with E-state index in [2.05, 4.69) is 345 Å². The zero-order valence-corrected chi connectivity index (χ0v) is 66.2. The molecular weight excluding hydrogens is 1380 g/mol. The Morgan fingerprint density at radius 1 is 0.272 bits per heavy atom. The van der Waals surface area contributed by atoms with Gasteiger partial charge in [0.1, 0.15) is 6.07 Å². The smallest absolute Gasteiger partial charge is 0.252 e. The van der Waals surface area contributed by atoms with Gasteiger partial charge in [0, 0.05) is 72.1 Å². The van der Waals surface area contributed by atoms with E-state index in [0.717, 1.165) is 127 Å². The second-order valence-electron chi connectivity index (χ2n) is 35.2. The summed E-state index contributed by atoms with van der Waals surface area (Å²) in [5.74, 6) is 0. The molecular formula is C107H89BN6. The highest BCUT2D eigenvalue weighted by atomic mass is 15.2. The Balaban J connectivity index is 0.968. The normalized spacial score (nSPS) is 14.0. The predicted octanol–water partition coefficient (Wildman–Crippen LogP) is 26.8. The fraction of sp³-hybridized carbons (Fsp3) is 0.150. The van der Waals surface area contributed by atoms with Gasteiger partial charge in [-0.3, -0.25) is 0 Å². The van der Waals surface area contributed by atoms with Crippen LogP contribution >= 0.6 is 0 Å². The lowest BCUT2D eigenvalue weighted by molar-refractivity contribution is 0.569. The first-order valence-electron chi connectivity index (χ1n) is 43.6. The molecule has 114 heavy (non-hydrogen) atoms. The standard InChI is InChI=1S/C107H89BN6/c1-104(2,3)76-43-50-95-88(60-76)89-61-77(105(4,5)6)44-51-96(89)110(95)81-46-48-91-100(63-81)113(82-55-73(68-30-18-14-19-31-68)52-74(56-82)69-32-20-15-21-33-69)102-65-83(112-92-37-25-22-34-84(92)85-35-23-26-38-93(85)112)64-101-103(102)108(91)90-47-41-71(75-53-78(106(7,8)9)59-79(54-75)107(10,11)12)58-99(90)111(101)80-45-40-72(66-109)98(62-80)114-94-39-27-24-36-86(94)87-57-70(42-49-97(87)114)67-28-16-13-17-29-67/h13-65H,1-12H3/i22D,23D,25D,26D,34D,35D,37D,38D. The lowest BCUT2D eigenvalue weighted by Gasteiger charge is -2.45. The molecule has 0 bridgehead atoms. The molecule has 0 amide bonds. The number of fused-ring (bicyclic) bond motifs is 13. The van der Waals surface area contributed by atoms with Gasteiger partial charge < -0.3 is 23.5 Å². The van der Waals surface area contributed by atoms with E-state index in [-0.39, 0.29) is 43.5 Å². The van der Waals surface area contributed by atoms with Crippen LogP contribution in [0.15, 0.2) is 321 Å². The van der Waals surface area contributed by atoms with Gasteiger partial charge in [0.15, 0.2) is 0 Å². The van der Waals surface area contributed by atoms with Crippen LogP contribution in [0.4, 0.5) is 34.1 Å². The highest BCUT2D eigenvalue weighted by Gasteiger charge is 2.45. The number of hydrogen-bond donors (Lipinski definition) is 0. The average molecular weight is 1480 g/mol. The Morgan fingerprint density at radius 3 is 1.25 bits per heavy atom. The minimum absolute atomic E-state index is 0.0133. The maximum atomic E-state index is 11.8. The number of para-hydroxylation sites is 3. The predicted molar refractivity (Wildman–Crippen MR) is 485 cm³/mol. The maximum absolute atomic E-state index is 11.8. The Labute approximate surface area is 680 Å². The monoisotopic (exact) mass is 1480 g/mol. The van der Waals surface area contributed by atoms with Crippen molar-refractivity contribution < 1.29 is 11.0 Å². The number of nitriles is 1. The third-order valence-electron chi connectivity index (χ3n) is 23.9. The lowest BCUT2D eigenvalue weighted by atomic mass is 9.33. The molecule has 20 rings (SSSR count). The summed E-state index contributed by atoms with van der Waals surface area (Å²) in [6.07, 6.45) is 0. The van der Waals surface area contributed by atoms with Gasteiger partial charge in [-0.15, -0.1) is 0 Å². The van der Waals surface area contributed by atoms with Gasteiger partial charge >= 0.3 is 0 Å². The fourth-order valence-electron chi connectivity index (χ4n) is 17.9. The molecule has 0 N–H and O–H groups in total. The summed E-state index contributed by atoms with van der Waals surface area (Å²) in [6.45, 7) is 26.6. The third kappa shape index (κ3) is 11.4. The van der Waals surface area contributed by atoms with Gasteiger partial charge in [-0.05, 0) is 226 Å². The molecule has 5 heterocycles. The van der Waals surface area contributed by atoms with Crippen LogP contribution in [-0.2, 0) is 21.7 Å². The summed E-state index contributed by atoms with van der Waals surface area (Å²) < 4.78 is 84.3. The van der Waals surface area contributed by atoms with Gasteiger partial charge in [0.25, 0.3) is 6.71 Å². The quantitative estimate of drug-likeness (QED) is 0.135. The van der Waals surface area contributed by atoms with E-state index in [4.69, 9.17) is 0 Å². The van der Waals surface area contributed by atoms with Crippen molar-refractivity contribution >= 4 is 123 Å². The van der Waals surface area contributed by atoms with Crippen molar-refractivity contribution in [3.05, 3.63) is 349 Å². The summed E-state index contributed by atoms with van der Waals surface area (Å²) in [7, 11) is 0. The molecule has 0 radical (unpaired) electrons. The maximum Gasteiger partial charge on any atom is 0.252 e. The van der Waals surface area contributed by atoms with Crippen molar-refractivity contribution in [2.45, 2.75) is 105 Å². The first-order valence-corrected chi connectivity index (χ1v) is 39.6. The molecule has 7 heteroatoms. The molecule has 0 atom stereocenters. The van der Waals surface area contributed by atoms with Crippen LogP contribution in [0.1, 0.15) is 122 Å². The van der Waals surface area contributed by atoms with Gasteiger partial charge in [0.2, 0.25) is 0 Å². The largest absolute Gasteiger partial charge is 0.311 e. The topological polar surface area (TPSA) is 45.1 Å². The van der Waals surface area contributed by atoms with E-state index >= 15 is 0 Å². The van der Waals surface area contributed by atoms with E-state index in [1.807, 2.05) is 36.4 Å². The molecule has 0 saturated carbocycles. The first-order chi connectivity index (χ1) is 58.3. The van der Waals surface area contributed by atoms with Crippen LogP contribution in [0, 0.1) is 11.3 Å². The van der Waals surface area contributed by atoms with Crippen LogP contribution < -0.4 is 26.2 Å². The summed E-state index contributed by atoms with van der Waals surface area (Å²) in [5.41, 5.74) is 25.6. The molecule has 3 aromatic heterocycles. The highest BCUT2D eigenvalue weighted by molar-refractivity contribution is 7.00. The van der Waals surface area contributed by atoms with Crippen molar-refractivity contribution in [1.82, 2.24) is 13.7 Å². The molecule has 0 spiro atoms. The van der Waals surface area contributed by atoms with Crippen LogP contribution in [0.5, 0.6) is 0 Å². The minimum Gasteiger partial charge on any atom is -0.311 e. The van der Waals surface area contributed by atoms with Gasteiger partial charge in [-0.25, -0.2) is 0 Å². The van der Waals surface area contributed by atoms with Crippen molar-refractivity contribution in [2.24, 2.45) is 0 Å². The van der Waals surface area contributed by atoms with E-state index in [1.54, 1.807) is 4.57 Å². The van der Waals surface area contributed by atoms with Crippen LogP contribution in [0.2, 0.25) is 0 Å². The summed E-state index contributed by atoms with van der Waals surface area (Å²) >= 11 is 0. The number of benzene rings is 15. The Bertz CT molecular complexity index is 7320. The van der Waals surface area contributed by atoms with Crippen molar-refractivity contribution in [3.63, 3.8) is 0 Å². The van der Waals surface area contributed by atoms with Crippen molar-refractivity contribution in [1.29, 1.82) is 5.26 Å². The van der Waals surface area contributed by atoms with E-state index in [9.17, 15) is 16.2 Å². The molecule has 0 unspecified atom stereocenters. The molecule has 0 aliphatic carbocycles. The molecule has 2 aliphatic heterocycles. The molecule has 0 fully saturated rings. The lowest BCUT2D eigenvalue weighted by Crippen LogP contribution is -2.61. The molecule has 0 saturated heterocycles. The zero-order valence-electron chi connectivity index (χ0n) is 74.2. The second kappa shape index (κ2) is 26.0. The molecule has 2 aliphatic rings. The summed E-state index contributed by atoms with van der Waals surface area (Å²) in [4.78, 5) is 4.68. The fourth-order valence-corrected chi connectivity index (χ4v) is 17.9. The van der Waals surface area contributed by atoms with Gasteiger partial charge in [0.05, 0.1) is 61.0 Å². The minimum atomic E-state index is -0.560. The SMILES string of the molecule is [2H]c1c([2H])c([2H])c2c(c1[2H])c1c([2H])c([2H])c([2H])c([2H])c1n2-c1cc2c3c(c1)N(c1cc(-c4ccccc4)cc(-c4ccccc4)c1)c1cc(-n4c5ccc(C(C)(C)C)cc5c5cc(C(C)(C)C)ccc54)ccc1B3c1ccc(-c3cc(C(C)(C)C)cc(C(C)(C)C)c3)cc1N2c1ccc(C#N)c(-n2c3ccccc3c3cc(-c4ccccc4)ccc32)c1. The van der Waals surface area contributed by atoms with Gasteiger partial charge in [-0.1, -0.05) is 283 Å². The Hall–Kier alpha value is -13.1. The first kappa shape index (κ1) is 61.5. The van der Waals surface area contributed by atoms with E-state index < -0.39 is 55.1 Å². The van der Waals surface area contributed by atoms with Gasteiger partial charge in [-0.2, -0.15) is 5.26 Å².